The quantitative estimate of drug-likeness (QED) is 0.782. The van der Waals surface area contributed by atoms with Gasteiger partial charge in [-0.3, -0.25) is 9.59 Å². The number of hydrogen-bond acceptors (Lipinski definition) is 4. The first kappa shape index (κ1) is 16.9. The molecular formula is C14H24NO5. The molecule has 0 aromatic carbocycles. The highest BCUT2D eigenvalue weighted by molar-refractivity contribution is 5.71. The van der Waals surface area contributed by atoms with Crippen LogP contribution in [0.5, 0.6) is 0 Å². The fraction of sp³-hybridized carbons (Fsp3) is 0.857. The molecule has 1 aliphatic heterocycles. The lowest BCUT2D eigenvalue weighted by Crippen LogP contribution is -2.60. The van der Waals surface area contributed by atoms with Crippen molar-refractivity contribution < 1.29 is 24.6 Å². The van der Waals surface area contributed by atoms with Crippen molar-refractivity contribution >= 4 is 11.9 Å². The fourth-order valence-electron chi connectivity index (χ4n) is 2.88. The summed E-state index contributed by atoms with van der Waals surface area (Å²) < 4.78 is 5.40. The Hall–Kier alpha value is -1.14. The molecule has 0 amide bonds. The first-order valence-corrected chi connectivity index (χ1v) is 6.93. The average molecular weight is 286 g/mol. The summed E-state index contributed by atoms with van der Waals surface area (Å²) in [5, 5.41) is 21.8. The van der Waals surface area contributed by atoms with Gasteiger partial charge in [0.05, 0.1) is 0 Å². The molecule has 115 valence electrons. The van der Waals surface area contributed by atoms with Crippen LogP contribution in [0, 0.1) is 0 Å². The largest absolute Gasteiger partial charge is 0.481 e. The smallest absolute Gasteiger partial charge is 0.306 e. The molecule has 0 aromatic heterocycles. The normalized spacial score (nSPS) is 22.4. The standard InChI is InChI=1S/C14H24NO5/c1-13(2)8-10(9-14(3,4)15(13)19)20-12(18)7-5-6-11(16)17/h10H,5-9H2,1-4H3,(H,16,17). The van der Waals surface area contributed by atoms with Gasteiger partial charge in [-0.25, -0.2) is 0 Å². The van der Waals surface area contributed by atoms with Crippen molar-refractivity contribution in [1.29, 1.82) is 0 Å². The van der Waals surface area contributed by atoms with Gasteiger partial charge in [0.1, 0.15) is 6.10 Å². The molecule has 1 N–H and O–H groups in total. The maximum Gasteiger partial charge on any atom is 0.306 e. The second-order valence-electron chi connectivity index (χ2n) is 6.69. The van der Waals surface area contributed by atoms with Gasteiger partial charge in [-0.15, -0.1) is 10.3 Å². The summed E-state index contributed by atoms with van der Waals surface area (Å²) in [7, 11) is 0. The van der Waals surface area contributed by atoms with Crippen molar-refractivity contribution in [2.75, 3.05) is 0 Å². The monoisotopic (exact) mass is 286 g/mol. The zero-order valence-corrected chi connectivity index (χ0v) is 12.6. The third-order valence-corrected chi connectivity index (χ3v) is 3.62. The Morgan fingerprint density at radius 3 is 2.10 bits per heavy atom. The number of aliphatic carboxylic acids is 1. The minimum atomic E-state index is -0.917. The number of carbonyl (C=O) groups is 2. The molecule has 0 aliphatic carbocycles. The van der Waals surface area contributed by atoms with E-state index in [1.165, 1.54) is 0 Å². The van der Waals surface area contributed by atoms with Crippen molar-refractivity contribution in [2.24, 2.45) is 0 Å². The molecule has 6 nitrogen and oxygen atoms in total. The third kappa shape index (κ3) is 4.45. The number of piperidine rings is 1. The summed E-state index contributed by atoms with van der Waals surface area (Å²) in [6, 6.07) is 0. The number of hydrogen-bond donors (Lipinski definition) is 1. The lowest BCUT2D eigenvalue weighted by molar-refractivity contribution is -0.299. The minimum Gasteiger partial charge on any atom is -0.481 e. The molecule has 0 aromatic rings. The predicted molar refractivity (Wildman–Crippen MR) is 71.3 cm³/mol. The molecular weight excluding hydrogens is 262 g/mol. The van der Waals surface area contributed by atoms with Gasteiger partial charge in [0.2, 0.25) is 0 Å². The van der Waals surface area contributed by atoms with E-state index in [1.807, 2.05) is 27.7 Å². The van der Waals surface area contributed by atoms with Gasteiger partial charge in [-0.2, -0.15) is 0 Å². The molecule has 0 spiro atoms. The molecule has 1 radical (unpaired) electrons. The maximum absolute atomic E-state index is 12.2. The van der Waals surface area contributed by atoms with E-state index in [2.05, 4.69) is 0 Å². The molecule has 20 heavy (non-hydrogen) atoms. The second-order valence-corrected chi connectivity index (χ2v) is 6.69. The van der Waals surface area contributed by atoms with Crippen LogP contribution in [0.1, 0.15) is 59.8 Å². The van der Waals surface area contributed by atoms with Gasteiger partial charge < -0.3 is 9.84 Å². The lowest BCUT2D eigenvalue weighted by Gasteiger charge is -2.49. The van der Waals surface area contributed by atoms with Crippen LogP contribution in [-0.2, 0) is 19.5 Å². The van der Waals surface area contributed by atoms with Gasteiger partial charge in [0, 0.05) is 36.8 Å². The SMILES string of the molecule is CC1(C)CC(OC(=O)CCCC(=O)O)CC(C)(C)N1[O]. The van der Waals surface area contributed by atoms with Crippen LogP contribution in [0.3, 0.4) is 0 Å². The summed E-state index contributed by atoms with van der Waals surface area (Å²) in [5.74, 6) is -1.30. The molecule has 1 saturated heterocycles. The Labute approximate surface area is 119 Å². The molecule has 0 atom stereocenters. The topological polar surface area (TPSA) is 86.7 Å². The summed E-state index contributed by atoms with van der Waals surface area (Å²) >= 11 is 0. The Kier molecular flexibility index (Phi) is 5.15. The molecule has 0 saturated carbocycles. The van der Waals surface area contributed by atoms with Crippen LogP contribution in [0.2, 0.25) is 0 Å². The first-order chi connectivity index (χ1) is 9.04. The number of esters is 1. The van der Waals surface area contributed by atoms with Crippen molar-refractivity contribution in [3.63, 3.8) is 0 Å². The Balaban J connectivity index is 2.52. The van der Waals surface area contributed by atoms with Crippen LogP contribution in [0.4, 0.5) is 0 Å². The minimum absolute atomic E-state index is 0.0366. The molecule has 6 heteroatoms. The Bertz CT molecular complexity index is 360. The molecule has 1 rings (SSSR count). The maximum atomic E-state index is 12.2. The molecule has 1 fully saturated rings. The Morgan fingerprint density at radius 2 is 1.65 bits per heavy atom. The number of nitrogens with zero attached hydrogens (tertiary/aromatic N) is 1. The van der Waals surface area contributed by atoms with Crippen LogP contribution < -0.4 is 0 Å². The number of carboxylic acid groups (broad SMARTS) is 1. The number of hydroxylamine groups is 2. The van der Waals surface area contributed by atoms with E-state index in [1.54, 1.807) is 0 Å². The van der Waals surface area contributed by atoms with Crippen molar-refractivity contribution in [3.8, 4) is 0 Å². The van der Waals surface area contributed by atoms with E-state index >= 15 is 0 Å². The van der Waals surface area contributed by atoms with Gasteiger partial charge in [-0.1, -0.05) is 0 Å². The highest BCUT2D eigenvalue weighted by Gasteiger charge is 2.47. The Morgan fingerprint density at radius 1 is 1.15 bits per heavy atom. The van der Waals surface area contributed by atoms with Gasteiger partial charge in [0.15, 0.2) is 0 Å². The first-order valence-electron chi connectivity index (χ1n) is 6.93. The van der Waals surface area contributed by atoms with Crippen molar-refractivity contribution in [2.45, 2.75) is 77.0 Å². The van der Waals surface area contributed by atoms with E-state index < -0.39 is 17.0 Å². The van der Waals surface area contributed by atoms with Crippen molar-refractivity contribution in [1.82, 2.24) is 5.06 Å². The summed E-state index contributed by atoms with van der Waals surface area (Å²) in [6.07, 6.45) is 1.04. The molecule has 0 unspecified atom stereocenters. The van der Waals surface area contributed by atoms with E-state index in [-0.39, 0.29) is 31.3 Å². The lowest BCUT2D eigenvalue weighted by atomic mass is 9.80. The number of carbonyl (C=O) groups excluding carboxylic acids is 1. The fourth-order valence-corrected chi connectivity index (χ4v) is 2.88. The van der Waals surface area contributed by atoms with Crippen molar-refractivity contribution in [3.05, 3.63) is 0 Å². The average Bonchev–Trinajstić information content (AvgIpc) is 2.24. The van der Waals surface area contributed by atoms with Gasteiger partial charge in [0.25, 0.3) is 0 Å². The van der Waals surface area contributed by atoms with E-state index in [9.17, 15) is 14.8 Å². The van der Waals surface area contributed by atoms with Crippen LogP contribution >= 0.6 is 0 Å². The van der Waals surface area contributed by atoms with Crippen LogP contribution in [-0.4, -0.2) is 39.3 Å². The van der Waals surface area contributed by atoms with E-state index in [0.717, 1.165) is 5.06 Å². The third-order valence-electron chi connectivity index (χ3n) is 3.62. The predicted octanol–water partition coefficient (Wildman–Crippen LogP) is 2.15. The number of carboxylic acids is 1. The van der Waals surface area contributed by atoms with E-state index in [4.69, 9.17) is 9.84 Å². The summed E-state index contributed by atoms with van der Waals surface area (Å²) in [4.78, 5) is 22.1. The second kappa shape index (κ2) is 6.10. The number of rotatable bonds is 5. The summed E-state index contributed by atoms with van der Waals surface area (Å²) in [5.41, 5.74) is -1.15. The molecule has 1 heterocycles. The number of ether oxygens (including phenoxy) is 1. The van der Waals surface area contributed by atoms with Crippen LogP contribution in [0.25, 0.3) is 0 Å². The van der Waals surface area contributed by atoms with E-state index in [0.29, 0.717) is 12.8 Å². The molecule has 0 bridgehead atoms. The van der Waals surface area contributed by atoms with Gasteiger partial charge >= 0.3 is 11.9 Å². The summed E-state index contributed by atoms with van der Waals surface area (Å²) in [6.45, 7) is 7.36. The highest BCUT2D eigenvalue weighted by Crippen LogP contribution is 2.38. The van der Waals surface area contributed by atoms with Gasteiger partial charge in [-0.05, 0) is 34.1 Å². The van der Waals surface area contributed by atoms with Crippen LogP contribution in [0.15, 0.2) is 0 Å². The zero-order valence-electron chi connectivity index (χ0n) is 12.6. The highest BCUT2D eigenvalue weighted by atomic mass is 16.5. The molecule has 1 aliphatic rings. The zero-order chi connectivity index (χ0) is 15.6.